The molecule has 1 aliphatic heterocycles. The lowest BCUT2D eigenvalue weighted by molar-refractivity contribution is -0.130. The third kappa shape index (κ3) is 3.57. The number of hydrogen-bond acceptors (Lipinski definition) is 5. The Morgan fingerprint density at radius 1 is 1.29 bits per heavy atom. The summed E-state index contributed by atoms with van der Waals surface area (Å²) >= 11 is 5.91. The fourth-order valence-corrected chi connectivity index (χ4v) is 3.41. The van der Waals surface area contributed by atoms with Gasteiger partial charge in [-0.05, 0) is 48.4 Å². The zero-order valence-corrected chi connectivity index (χ0v) is 15.8. The monoisotopic (exact) mass is 401 g/mol. The van der Waals surface area contributed by atoms with Crippen molar-refractivity contribution in [3.63, 3.8) is 0 Å². The standard InChI is InChI=1S/C20H17ClFN3O3/c1-27-17-8-2-12(10-15(17)22)11-25-16(7-9-18(25)26)20-23-19(24-28-20)13-3-5-14(21)6-4-13/h2-6,8,10,16H,7,9,11H2,1H3. The minimum Gasteiger partial charge on any atom is -0.494 e. The number of rotatable bonds is 5. The predicted molar refractivity (Wildman–Crippen MR) is 100 cm³/mol. The van der Waals surface area contributed by atoms with Crippen LogP contribution in [0.25, 0.3) is 11.4 Å². The van der Waals surface area contributed by atoms with E-state index in [1.807, 2.05) is 0 Å². The Morgan fingerprint density at radius 2 is 2.07 bits per heavy atom. The molecule has 1 unspecified atom stereocenters. The molecular weight excluding hydrogens is 385 g/mol. The number of methoxy groups -OCH3 is 1. The van der Waals surface area contributed by atoms with Crippen molar-refractivity contribution in [2.45, 2.75) is 25.4 Å². The number of benzene rings is 2. The van der Waals surface area contributed by atoms with Gasteiger partial charge >= 0.3 is 0 Å². The molecule has 1 amide bonds. The molecular formula is C20H17ClFN3O3. The van der Waals surface area contributed by atoms with Crippen molar-refractivity contribution in [2.24, 2.45) is 0 Å². The van der Waals surface area contributed by atoms with Crippen molar-refractivity contribution in [3.8, 4) is 17.1 Å². The first-order valence-electron chi connectivity index (χ1n) is 8.76. The third-order valence-electron chi connectivity index (χ3n) is 4.73. The van der Waals surface area contributed by atoms with Crippen molar-refractivity contribution >= 4 is 17.5 Å². The molecule has 1 aromatic heterocycles. The average Bonchev–Trinajstić information content (AvgIpc) is 3.30. The van der Waals surface area contributed by atoms with Gasteiger partial charge in [0.15, 0.2) is 11.6 Å². The number of amides is 1. The van der Waals surface area contributed by atoms with Crippen LogP contribution >= 0.6 is 11.6 Å². The van der Waals surface area contributed by atoms with E-state index in [1.54, 1.807) is 41.3 Å². The lowest BCUT2D eigenvalue weighted by Gasteiger charge is -2.22. The highest BCUT2D eigenvalue weighted by molar-refractivity contribution is 6.30. The van der Waals surface area contributed by atoms with Gasteiger partial charge in [0.25, 0.3) is 0 Å². The first kappa shape index (κ1) is 18.4. The summed E-state index contributed by atoms with van der Waals surface area (Å²) in [6.07, 6.45) is 0.946. The van der Waals surface area contributed by atoms with Crippen LogP contribution in [0.3, 0.4) is 0 Å². The van der Waals surface area contributed by atoms with Crippen LogP contribution in [-0.4, -0.2) is 28.1 Å². The van der Waals surface area contributed by atoms with E-state index in [2.05, 4.69) is 10.1 Å². The number of aromatic nitrogens is 2. The molecule has 0 spiro atoms. The lowest BCUT2D eigenvalue weighted by Crippen LogP contribution is -2.27. The van der Waals surface area contributed by atoms with E-state index < -0.39 is 5.82 Å². The van der Waals surface area contributed by atoms with Gasteiger partial charge in [-0.15, -0.1) is 0 Å². The number of likely N-dealkylation sites (tertiary alicyclic amines) is 1. The van der Waals surface area contributed by atoms with E-state index in [0.717, 1.165) is 5.56 Å². The molecule has 1 fully saturated rings. The molecule has 0 bridgehead atoms. The molecule has 0 aliphatic carbocycles. The van der Waals surface area contributed by atoms with Crippen LogP contribution in [-0.2, 0) is 11.3 Å². The Hall–Kier alpha value is -2.93. The zero-order chi connectivity index (χ0) is 19.7. The van der Waals surface area contributed by atoms with Gasteiger partial charge < -0.3 is 14.2 Å². The Bertz CT molecular complexity index is 1010. The SMILES string of the molecule is COc1ccc(CN2C(=O)CCC2c2nc(-c3ccc(Cl)cc3)no2)cc1F. The van der Waals surface area contributed by atoms with Crippen LogP contribution in [0.2, 0.25) is 5.02 Å². The van der Waals surface area contributed by atoms with E-state index in [9.17, 15) is 9.18 Å². The van der Waals surface area contributed by atoms with Gasteiger partial charge in [-0.3, -0.25) is 4.79 Å². The molecule has 0 radical (unpaired) electrons. The highest BCUT2D eigenvalue weighted by Gasteiger charge is 2.36. The number of carbonyl (C=O) groups excluding carboxylic acids is 1. The maximum atomic E-state index is 14.0. The highest BCUT2D eigenvalue weighted by Crippen LogP contribution is 2.34. The summed E-state index contributed by atoms with van der Waals surface area (Å²) in [4.78, 5) is 18.5. The Balaban J connectivity index is 1.56. The smallest absolute Gasteiger partial charge is 0.249 e. The van der Waals surface area contributed by atoms with E-state index in [4.69, 9.17) is 20.9 Å². The van der Waals surface area contributed by atoms with Crippen molar-refractivity contribution in [1.29, 1.82) is 0 Å². The number of halogens is 2. The van der Waals surface area contributed by atoms with E-state index >= 15 is 0 Å². The minimum absolute atomic E-state index is 0.0348. The van der Waals surface area contributed by atoms with Gasteiger partial charge in [0.05, 0.1) is 7.11 Å². The van der Waals surface area contributed by atoms with E-state index in [-0.39, 0.29) is 24.2 Å². The number of hydrogen-bond donors (Lipinski definition) is 0. The van der Waals surface area contributed by atoms with Crippen LogP contribution in [0, 0.1) is 5.82 Å². The molecule has 28 heavy (non-hydrogen) atoms. The van der Waals surface area contributed by atoms with Gasteiger partial charge in [-0.2, -0.15) is 4.98 Å². The Labute approximate surface area is 165 Å². The van der Waals surface area contributed by atoms with Crippen LogP contribution in [0.4, 0.5) is 4.39 Å². The maximum absolute atomic E-state index is 14.0. The summed E-state index contributed by atoms with van der Waals surface area (Å²) in [5.74, 6) is 0.460. The lowest BCUT2D eigenvalue weighted by atomic mass is 10.1. The van der Waals surface area contributed by atoms with Crippen molar-refractivity contribution in [2.75, 3.05) is 7.11 Å². The fourth-order valence-electron chi connectivity index (χ4n) is 3.28. The molecule has 1 saturated heterocycles. The van der Waals surface area contributed by atoms with Crippen molar-refractivity contribution in [3.05, 3.63) is 64.8 Å². The van der Waals surface area contributed by atoms with E-state index in [1.165, 1.54) is 13.2 Å². The third-order valence-corrected chi connectivity index (χ3v) is 4.98. The molecule has 6 nitrogen and oxygen atoms in total. The van der Waals surface area contributed by atoms with Crippen LogP contribution in [0.1, 0.15) is 30.3 Å². The Kier molecular flexibility index (Phi) is 5.00. The number of carbonyl (C=O) groups is 1. The molecule has 2 aromatic carbocycles. The molecule has 144 valence electrons. The number of ether oxygens (including phenoxy) is 1. The number of nitrogens with zero attached hydrogens (tertiary/aromatic N) is 3. The second-order valence-electron chi connectivity index (χ2n) is 6.51. The highest BCUT2D eigenvalue weighted by atomic mass is 35.5. The summed E-state index contributed by atoms with van der Waals surface area (Å²) in [5, 5.41) is 4.64. The first-order chi connectivity index (χ1) is 13.5. The van der Waals surface area contributed by atoms with Crippen LogP contribution in [0.5, 0.6) is 5.75 Å². The van der Waals surface area contributed by atoms with Crippen LogP contribution < -0.4 is 4.74 Å². The largest absolute Gasteiger partial charge is 0.494 e. The second-order valence-corrected chi connectivity index (χ2v) is 6.94. The van der Waals surface area contributed by atoms with E-state index in [0.29, 0.717) is 35.1 Å². The van der Waals surface area contributed by atoms with Crippen LogP contribution in [0.15, 0.2) is 47.0 Å². The quantitative estimate of drug-likeness (QED) is 0.633. The van der Waals surface area contributed by atoms with Gasteiger partial charge in [0.1, 0.15) is 6.04 Å². The van der Waals surface area contributed by atoms with Gasteiger partial charge in [0, 0.05) is 23.6 Å². The molecule has 4 rings (SSSR count). The van der Waals surface area contributed by atoms with Gasteiger partial charge in [0.2, 0.25) is 17.6 Å². The summed E-state index contributed by atoms with van der Waals surface area (Å²) in [7, 11) is 1.41. The predicted octanol–water partition coefficient (Wildman–Crippen LogP) is 4.40. The van der Waals surface area contributed by atoms with Gasteiger partial charge in [-0.25, -0.2) is 4.39 Å². The zero-order valence-electron chi connectivity index (χ0n) is 15.1. The fraction of sp³-hybridized carbons (Fsp3) is 0.250. The van der Waals surface area contributed by atoms with Crippen molar-refractivity contribution < 1.29 is 18.4 Å². The second kappa shape index (κ2) is 7.59. The molecule has 0 N–H and O–H groups in total. The normalized spacial score (nSPS) is 16.6. The summed E-state index contributed by atoms with van der Waals surface area (Å²) in [6, 6.07) is 11.4. The summed E-state index contributed by atoms with van der Waals surface area (Å²) in [5.41, 5.74) is 1.43. The topological polar surface area (TPSA) is 68.5 Å². The summed E-state index contributed by atoms with van der Waals surface area (Å²) < 4.78 is 24.3. The molecule has 8 heteroatoms. The average molecular weight is 402 g/mol. The molecule has 1 atom stereocenters. The van der Waals surface area contributed by atoms with Crippen molar-refractivity contribution in [1.82, 2.24) is 15.0 Å². The molecule has 1 aliphatic rings. The molecule has 0 saturated carbocycles. The summed E-state index contributed by atoms with van der Waals surface area (Å²) in [6.45, 7) is 0.253. The molecule has 2 heterocycles. The maximum Gasteiger partial charge on any atom is 0.249 e. The van der Waals surface area contributed by atoms with Gasteiger partial charge in [-0.1, -0.05) is 22.8 Å². The minimum atomic E-state index is -0.467. The Morgan fingerprint density at radius 3 is 2.79 bits per heavy atom. The first-order valence-corrected chi connectivity index (χ1v) is 9.14. The molecule has 3 aromatic rings.